The number of hydrogen-bond donors (Lipinski definition) is 2. The van der Waals surface area contributed by atoms with Gasteiger partial charge in [-0.05, 0) is 37.7 Å². The molecule has 6 nitrogen and oxygen atoms in total. The molecule has 6 heteroatoms. The monoisotopic (exact) mass is 361 g/mol. The molecule has 1 fully saturated rings. The topological polar surface area (TPSA) is 72.0 Å². The van der Waals surface area contributed by atoms with Crippen LogP contribution < -0.4 is 10.6 Å². The first kappa shape index (κ1) is 20.2. The summed E-state index contributed by atoms with van der Waals surface area (Å²) in [6.07, 6.45) is 5.73. The Hall–Kier alpha value is -2.08. The first-order valence-corrected chi connectivity index (χ1v) is 9.53. The van der Waals surface area contributed by atoms with E-state index in [0.29, 0.717) is 32.7 Å². The minimum Gasteiger partial charge on any atom is -0.462 e. The van der Waals surface area contributed by atoms with Gasteiger partial charge in [0.15, 0.2) is 5.96 Å². The Morgan fingerprint density at radius 1 is 1.15 bits per heavy atom. The largest absolute Gasteiger partial charge is 0.462 e. The van der Waals surface area contributed by atoms with Gasteiger partial charge < -0.3 is 20.1 Å². The smallest absolute Gasteiger partial charge is 0.306 e. The highest BCUT2D eigenvalue weighted by molar-refractivity contribution is 5.79. The third-order valence-electron chi connectivity index (χ3n) is 4.32. The van der Waals surface area contributed by atoms with E-state index < -0.39 is 0 Å². The molecule has 1 aliphatic rings. The van der Waals surface area contributed by atoms with Crippen LogP contribution >= 0.6 is 0 Å². The first-order chi connectivity index (χ1) is 12.8. The SMILES string of the molecule is CN=C(NCCCC(=O)OC1CCCC1)NCCOCc1ccccc1. The second-order valence-corrected chi connectivity index (χ2v) is 6.46. The average Bonchev–Trinajstić information content (AvgIpc) is 3.17. The summed E-state index contributed by atoms with van der Waals surface area (Å²) in [5.74, 6) is 0.633. The summed E-state index contributed by atoms with van der Waals surface area (Å²) < 4.78 is 11.1. The molecule has 2 rings (SSSR count). The van der Waals surface area contributed by atoms with E-state index in [2.05, 4.69) is 15.6 Å². The second-order valence-electron chi connectivity index (χ2n) is 6.46. The van der Waals surface area contributed by atoms with Gasteiger partial charge in [-0.2, -0.15) is 0 Å². The molecule has 0 amide bonds. The Balaban J connectivity index is 1.47. The van der Waals surface area contributed by atoms with Crippen molar-refractivity contribution in [2.75, 3.05) is 26.7 Å². The summed E-state index contributed by atoms with van der Waals surface area (Å²) in [5, 5.41) is 6.40. The number of benzene rings is 1. The fourth-order valence-corrected chi connectivity index (χ4v) is 2.92. The van der Waals surface area contributed by atoms with Crippen LogP contribution in [0.2, 0.25) is 0 Å². The molecular formula is C20H31N3O3. The zero-order valence-corrected chi connectivity index (χ0v) is 15.7. The molecule has 1 aromatic rings. The van der Waals surface area contributed by atoms with Gasteiger partial charge >= 0.3 is 5.97 Å². The van der Waals surface area contributed by atoms with E-state index in [9.17, 15) is 4.79 Å². The van der Waals surface area contributed by atoms with E-state index in [1.807, 2.05) is 30.3 Å². The Bertz CT molecular complexity index is 542. The summed E-state index contributed by atoms with van der Waals surface area (Å²) in [5.41, 5.74) is 1.17. The Morgan fingerprint density at radius 2 is 1.88 bits per heavy atom. The quantitative estimate of drug-likeness (QED) is 0.290. The molecule has 26 heavy (non-hydrogen) atoms. The van der Waals surface area contributed by atoms with E-state index in [1.54, 1.807) is 7.05 Å². The van der Waals surface area contributed by atoms with Gasteiger partial charge in [-0.15, -0.1) is 0 Å². The van der Waals surface area contributed by atoms with E-state index in [4.69, 9.17) is 9.47 Å². The standard InChI is InChI=1S/C20H31N3O3/c1-21-20(23-14-15-25-16-17-8-3-2-4-9-17)22-13-7-12-19(24)26-18-10-5-6-11-18/h2-4,8-9,18H,5-7,10-16H2,1H3,(H2,21,22,23). The molecule has 0 aromatic heterocycles. The Kier molecular flexibility index (Phi) is 9.57. The van der Waals surface area contributed by atoms with Crippen LogP contribution in [0.25, 0.3) is 0 Å². The van der Waals surface area contributed by atoms with Crippen molar-refractivity contribution in [3.63, 3.8) is 0 Å². The Morgan fingerprint density at radius 3 is 2.62 bits per heavy atom. The van der Waals surface area contributed by atoms with Crippen molar-refractivity contribution >= 4 is 11.9 Å². The summed E-state index contributed by atoms with van der Waals surface area (Å²) in [4.78, 5) is 15.9. The number of hydrogen-bond acceptors (Lipinski definition) is 4. The minimum atomic E-state index is -0.0871. The molecule has 0 atom stereocenters. The minimum absolute atomic E-state index is 0.0871. The maximum atomic E-state index is 11.8. The number of nitrogens with zero attached hydrogens (tertiary/aromatic N) is 1. The van der Waals surface area contributed by atoms with Crippen LogP contribution in [-0.2, 0) is 20.9 Å². The van der Waals surface area contributed by atoms with Crippen molar-refractivity contribution in [1.82, 2.24) is 10.6 Å². The summed E-state index contributed by atoms with van der Waals surface area (Å²) in [6, 6.07) is 10.1. The molecule has 0 unspecified atom stereocenters. The van der Waals surface area contributed by atoms with E-state index in [1.165, 1.54) is 18.4 Å². The van der Waals surface area contributed by atoms with Crippen LogP contribution in [0.3, 0.4) is 0 Å². The second kappa shape index (κ2) is 12.3. The number of aliphatic imine (C=N–C) groups is 1. The zero-order valence-electron chi connectivity index (χ0n) is 15.7. The molecule has 0 spiro atoms. The third kappa shape index (κ3) is 8.34. The van der Waals surface area contributed by atoms with Crippen LogP contribution in [0.1, 0.15) is 44.1 Å². The lowest BCUT2D eigenvalue weighted by Gasteiger charge is -2.13. The van der Waals surface area contributed by atoms with Crippen LogP contribution in [0.4, 0.5) is 0 Å². The number of nitrogens with one attached hydrogen (secondary N) is 2. The summed E-state index contributed by atoms with van der Waals surface area (Å²) in [6.45, 7) is 2.57. The lowest BCUT2D eigenvalue weighted by atomic mass is 10.2. The maximum absolute atomic E-state index is 11.8. The van der Waals surface area contributed by atoms with Crippen LogP contribution in [0.15, 0.2) is 35.3 Å². The molecule has 0 radical (unpaired) electrons. The highest BCUT2D eigenvalue weighted by Gasteiger charge is 2.18. The van der Waals surface area contributed by atoms with Gasteiger partial charge in [0.05, 0.1) is 13.2 Å². The van der Waals surface area contributed by atoms with Crippen LogP contribution in [0, 0.1) is 0 Å². The number of guanidine groups is 1. The molecule has 0 heterocycles. The van der Waals surface area contributed by atoms with E-state index in [0.717, 1.165) is 25.2 Å². The number of ether oxygens (including phenoxy) is 2. The summed E-state index contributed by atoms with van der Waals surface area (Å²) >= 11 is 0. The van der Waals surface area contributed by atoms with E-state index >= 15 is 0 Å². The molecule has 0 bridgehead atoms. The lowest BCUT2D eigenvalue weighted by Crippen LogP contribution is -2.39. The molecule has 1 saturated carbocycles. The molecule has 1 aromatic carbocycles. The number of rotatable bonds is 10. The maximum Gasteiger partial charge on any atom is 0.306 e. The normalized spacial score (nSPS) is 15.0. The predicted molar refractivity (Wildman–Crippen MR) is 103 cm³/mol. The van der Waals surface area contributed by atoms with Crippen molar-refractivity contribution < 1.29 is 14.3 Å². The fraction of sp³-hybridized carbons (Fsp3) is 0.600. The van der Waals surface area contributed by atoms with Crippen molar-refractivity contribution in [2.24, 2.45) is 4.99 Å². The molecule has 144 valence electrons. The third-order valence-corrected chi connectivity index (χ3v) is 4.32. The van der Waals surface area contributed by atoms with Gasteiger partial charge in [-0.3, -0.25) is 9.79 Å². The van der Waals surface area contributed by atoms with Gasteiger partial charge in [0.1, 0.15) is 6.10 Å². The predicted octanol–water partition coefficient (Wildman–Crippen LogP) is 2.63. The van der Waals surface area contributed by atoms with Gasteiger partial charge in [0, 0.05) is 26.6 Å². The highest BCUT2D eigenvalue weighted by atomic mass is 16.5. The molecule has 1 aliphatic carbocycles. The Labute approximate surface area is 156 Å². The fourth-order valence-electron chi connectivity index (χ4n) is 2.92. The van der Waals surface area contributed by atoms with Gasteiger partial charge in [-0.25, -0.2) is 0 Å². The number of carbonyl (C=O) groups is 1. The first-order valence-electron chi connectivity index (χ1n) is 9.53. The lowest BCUT2D eigenvalue weighted by molar-refractivity contribution is -0.148. The van der Waals surface area contributed by atoms with Crippen LogP contribution in [-0.4, -0.2) is 44.8 Å². The van der Waals surface area contributed by atoms with Gasteiger partial charge in [0.25, 0.3) is 0 Å². The molecular weight excluding hydrogens is 330 g/mol. The van der Waals surface area contributed by atoms with Crippen molar-refractivity contribution in [2.45, 2.75) is 51.2 Å². The van der Waals surface area contributed by atoms with Crippen molar-refractivity contribution in [3.8, 4) is 0 Å². The van der Waals surface area contributed by atoms with Gasteiger partial charge in [-0.1, -0.05) is 30.3 Å². The molecule has 2 N–H and O–H groups in total. The van der Waals surface area contributed by atoms with Crippen LogP contribution in [0.5, 0.6) is 0 Å². The van der Waals surface area contributed by atoms with Gasteiger partial charge in [0.2, 0.25) is 0 Å². The highest BCUT2D eigenvalue weighted by Crippen LogP contribution is 2.21. The average molecular weight is 361 g/mol. The molecule has 0 aliphatic heterocycles. The van der Waals surface area contributed by atoms with Crippen molar-refractivity contribution in [1.29, 1.82) is 0 Å². The number of carbonyl (C=O) groups excluding carboxylic acids is 1. The molecule has 0 saturated heterocycles. The van der Waals surface area contributed by atoms with Crippen molar-refractivity contribution in [3.05, 3.63) is 35.9 Å². The number of esters is 1. The summed E-state index contributed by atoms with van der Waals surface area (Å²) in [7, 11) is 1.73. The van der Waals surface area contributed by atoms with E-state index in [-0.39, 0.29) is 12.1 Å². The zero-order chi connectivity index (χ0) is 18.5.